The van der Waals surface area contributed by atoms with Gasteiger partial charge in [-0.05, 0) is 66.3 Å². The average molecular weight is 414 g/mol. The maximum absolute atomic E-state index is 6.72. The normalized spacial score (nSPS) is 14.2. The van der Waals surface area contributed by atoms with E-state index in [1.165, 1.54) is 49.8 Å². The Hall–Kier alpha value is -3.78. The lowest BCUT2D eigenvalue weighted by Crippen LogP contribution is -2.07. The van der Waals surface area contributed by atoms with Gasteiger partial charge in [0.15, 0.2) is 5.75 Å². The van der Waals surface area contributed by atoms with E-state index in [0.29, 0.717) is 0 Å². The molecule has 0 saturated carbocycles. The molecule has 154 valence electrons. The van der Waals surface area contributed by atoms with Crippen LogP contribution in [0.3, 0.4) is 0 Å². The molecule has 1 aliphatic carbocycles. The fraction of sp³-hybridized carbons (Fsp3) is 0.133. The quantitative estimate of drug-likeness (QED) is 0.269. The Morgan fingerprint density at radius 1 is 0.812 bits per heavy atom. The van der Waals surface area contributed by atoms with E-state index in [2.05, 4.69) is 96.4 Å². The van der Waals surface area contributed by atoms with E-state index in [1.54, 1.807) is 0 Å². The van der Waals surface area contributed by atoms with Crippen LogP contribution in [-0.4, -0.2) is 4.57 Å². The van der Waals surface area contributed by atoms with Crippen molar-refractivity contribution in [2.24, 2.45) is 0 Å². The van der Waals surface area contributed by atoms with Gasteiger partial charge in [-0.1, -0.05) is 60.7 Å². The minimum atomic E-state index is 0.910. The Morgan fingerprint density at radius 3 is 2.69 bits per heavy atom. The third-order valence-electron chi connectivity index (χ3n) is 6.92. The van der Waals surface area contributed by atoms with Gasteiger partial charge in [-0.3, -0.25) is 0 Å². The molecule has 5 aromatic rings. The van der Waals surface area contributed by atoms with Gasteiger partial charge in [-0.15, -0.1) is 0 Å². The monoisotopic (exact) mass is 413 g/mol. The van der Waals surface area contributed by atoms with Gasteiger partial charge >= 0.3 is 0 Å². The smallest absolute Gasteiger partial charge is 0.155 e. The number of ether oxygens (including phenoxy) is 1. The summed E-state index contributed by atoms with van der Waals surface area (Å²) in [5.41, 5.74) is 10.1. The number of aromatic nitrogens is 1. The lowest BCUT2D eigenvalue weighted by Gasteiger charge is -2.24. The first kappa shape index (κ1) is 17.9. The van der Waals surface area contributed by atoms with E-state index >= 15 is 0 Å². The van der Waals surface area contributed by atoms with Gasteiger partial charge in [0.05, 0.1) is 11.0 Å². The summed E-state index contributed by atoms with van der Waals surface area (Å²) in [5.74, 6) is 1.99. The third kappa shape index (κ3) is 2.53. The van der Waals surface area contributed by atoms with Crippen molar-refractivity contribution >= 4 is 27.9 Å². The van der Waals surface area contributed by atoms with Gasteiger partial charge in [0.25, 0.3) is 0 Å². The molecule has 1 aromatic heterocycles. The number of hydrogen-bond acceptors (Lipinski definition) is 1. The van der Waals surface area contributed by atoms with Crippen molar-refractivity contribution in [3.05, 3.63) is 107 Å². The maximum atomic E-state index is 6.72. The molecule has 32 heavy (non-hydrogen) atoms. The van der Waals surface area contributed by atoms with Crippen LogP contribution in [0.2, 0.25) is 0 Å². The van der Waals surface area contributed by atoms with Crippen molar-refractivity contribution in [2.45, 2.75) is 26.2 Å². The Kier molecular flexibility index (Phi) is 3.69. The van der Waals surface area contributed by atoms with Crippen LogP contribution in [0.15, 0.2) is 78.9 Å². The van der Waals surface area contributed by atoms with E-state index in [9.17, 15) is 0 Å². The van der Waals surface area contributed by atoms with Crippen molar-refractivity contribution in [2.75, 3.05) is 0 Å². The fourth-order valence-electron chi connectivity index (χ4n) is 5.42. The second-order valence-electron chi connectivity index (χ2n) is 9.02. The Morgan fingerprint density at radius 2 is 1.75 bits per heavy atom. The summed E-state index contributed by atoms with van der Waals surface area (Å²) < 4.78 is 9.10. The summed E-state index contributed by atoms with van der Waals surface area (Å²) in [6.07, 6.45) is 7.65. The predicted molar refractivity (Wildman–Crippen MR) is 132 cm³/mol. The molecule has 0 atom stereocenters. The number of aryl methyl sites for hydroxylation is 2. The van der Waals surface area contributed by atoms with E-state index in [1.807, 2.05) is 0 Å². The third-order valence-corrected chi connectivity index (χ3v) is 6.92. The zero-order chi connectivity index (χ0) is 21.2. The number of rotatable bonds is 1. The van der Waals surface area contributed by atoms with Crippen LogP contribution >= 0.6 is 0 Å². The number of nitrogens with zero attached hydrogens (tertiary/aromatic N) is 1. The van der Waals surface area contributed by atoms with E-state index in [0.717, 1.165) is 36.3 Å². The van der Waals surface area contributed by atoms with Crippen LogP contribution in [0.25, 0.3) is 33.6 Å². The molecule has 2 aliphatic rings. The molecular formula is C30H23NO. The highest BCUT2D eigenvalue weighted by atomic mass is 16.5. The van der Waals surface area contributed by atoms with Gasteiger partial charge < -0.3 is 9.30 Å². The van der Waals surface area contributed by atoms with Crippen LogP contribution in [0.4, 0.5) is 0 Å². The van der Waals surface area contributed by atoms with E-state index < -0.39 is 0 Å². The molecule has 4 aromatic carbocycles. The van der Waals surface area contributed by atoms with Crippen LogP contribution < -0.4 is 4.74 Å². The molecule has 0 fully saturated rings. The minimum Gasteiger partial charge on any atom is -0.455 e. The molecule has 0 amide bonds. The van der Waals surface area contributed by atoms with Gasteiger partial charge in [-0.25, -0.2) is 0 Å². The molecule has 0 radical (unpaired) electrons. The highest BCUT2D eigenvalue weighted by Crippen LogP contribution is 2.46. The van der Waals surface area contributed by atoms with Crippen LogP contribution in [0, 0.1) is 6.92 Å². The van der Waals surface area contributed by atoms with Crippen molar-refractivity contribution in [1.29, 1.82) is 0 Å². The lowest BCUT2D eigenvalue weighted by atomic mass is 9.91. The Bertz CT molecular complexity index is 1580. The molecular weight excluding hydrogens is 390 g/mol. The van der Waals surface area contributed by atoms with Crippen molar-refractivity contribution in [1.82, 2.24) is 4.57 Å². The molecule has 0 N–H and O–H groups in total. The topological polar surface area (TPSA) is 14.2 Å². The summed E-state index contributed by atoms with van der Waals surface area (Å²) in [4.78, 5) is 0. The second-order valence-corrected chi connectivity index (χ2v) is 9.02. The minimum absolute atomic E-state index is 0.910. The summed E-state index contributed by atoms with van der Waals surface area (Å²) in [6, 6.07) is 26.5. The van der Waals surface area contributed by atoms with Gasteiger partial charge in [-0.2, -0.15) is 0 Å². The molecule has 7 rings (SSSR count). The molecule has 0 spiro atoms. The largest absolute Gasteiger partial charge is 0.455 e. The molecule has 2 nitrogen and oxygen atoms in total. The van der Waals surface area contributed by atoms with Gasteiger partial charge in [0.1, 0.15) is 5.75 Å². The maximum Gasteiger partial charge on any atom is 0.155 e. The summed E-state index contributed by atoms with van der Waals surface area (Å²) in [6.45, 7) is 2.15. The number of hydrogen-bond donors (Lipinski definition) is 0. The molecule has 2 heteroatoms. The van der Waals surface area contributed by atoms with Crippen LogP contribution in [0.1, 0.15) is 34.2 Å². The van der Waals surface area contributed by atoms with Crippen molar-refractivity contribution in [3.63, 3.8) is 0 Å². The van der Waals surface area contributed by atoms with Gasteiger partial charge in [0.2, 0.25) is 0 Å². The number of fused-ring (bicyclic) bond motifs is 7. The highest BCUT2D eigenvalue weighted by Gasteiger charge is 2.25. The molecule has 0 bridgehead atoms. The Balaban J connectivity index is 1.53. The van der Waals surface area contributed by atoms with Crippen LogP contribution in [0.5, 0.6) is 11.5 Å². The van der Waals surface area contributed by atoms with Crippen molar-refractivity contribution < 1.29 is 4.74 Å². The summed E-state index contributed by atoms with van der Waals surface area (Å²) >= 11 is 0. The molecule has 0 saturated heterocycles. The molecule has 1 aliphatic heterocycles. The highest BCUT2D eigenvalue weighted by molar-refractivity contribution is 6.11. The first-order valence-electron chi connectivity index (χ1n) is 11.4. The van der Waals surface area contributed by atoms with Crippen molar-refractivity contribution in [3.8, 4) is 17.2 Å². The standard InChI is InChI=1S/C30H23NO/c1-19-7-6-10-24(15-19)31-27-12-5-4-11-25(27)26-14-13-22-17-23-16-20-8-2-3-9-21(20)18-28(23)32-30(22)29(26)31/h3-7,9-16,18H,2,8,17H2,1H3. The lowest BCUT2D eigenvalue weighted by molar-refractivity contribution is 0.463. The van der Waals surface area contributed by atoms with Gasteiger partial charge in [0, 0.05) is 28.4 Å². The Labute approximate surface area is 187 Å². The first-order chi connectivity index (χ1) is 15.8. The number of benzene rings is 4. The molecule has 2 heterocycles. The number of allylic oxidation sites excluding steroid dienone is 1. The molecule has 0 unspecified atom stereocenters. The average Bonchev–Trinajstić information content (AvgIpc) is 3.16. The SMILES string of the molecule is Cc1cccc(-n2c3ccccc3c3ccc4c(c32)Oc2cc3c(cc2C4)CCC=C3)c1. The zero-order valence-corrected chi connectivity index (χ0v) is 18.1. The van der Waals surface area contributed by atoms with E-state index in [4.69, 9.17) is 4.74 Å². The zero-order valence-electron chi connectivity index (χ0n) is 18.1. The fourth-order valence-corrected chi connectivity index (χ4v) is 5.42. The summed E-state index contributed by atoms with van der Waals surface area (Å²) in [5, 5.41) is 2.50. The number of para-hydroxylation sites is 1. The van der Waals surface area contributed by atoms with E-state index in [-0.39, 0.29) is 0 Å². The van der Waals surface area contributed by atoms with Crippen LogP contribution in [-0.2, 0) is 12.8 Å². The summed E-state index contributed by atoms with van der Waals surface area (Å²) in [7, 11) is 0. The first-order valence-corrected chi connectivity index (χ1v) is 11.4. The second kappa shape index (κ2) is 6.61. The predicted octanol–water partition coefficient (Wildman–Crippen LogP) is 7.75.